The number of morpholine rings is 1. The van der Waals surface area contributed by atoms with E-state index in [2.05, 4.69) is 5.32 Å². The molecular formula is C13H22N2O5. The molecule has 2 aliphatic heterocycles. The monoisotopic (exact) mass is 286 g/mol. The minimum atomic E-state index is -0.894. The lowest BCUT2D eigenvalue weighted by Gasteiger charge is -2.27. The molecule has 7 heteroatoms. The zero-order valence-electron chi connectivity index (χ0n) is 11.5. The van der Waals surface area contributed by atoms with Gasteiger partial charge in [0.2, 0.25) is 5.91 Å². The van der Waals surface area contributed by atoms with Crippen molar-refractivity contribution in [3.63, 3.8) is 0 Å². The van der Waals surface area contributed by atoms with E-state index in [-0.39, 0.29) is 12.0 Å². The normalized spacial score (nSPS) is 26.7. The second-order valence-corrected chi connectivity index (χ2v) is 5.11. The molecule has 0 aromatic carbocycles. The minimum Gasteiger partial charge on any atom is -0.479 e. The Kier molecular flexibility index (Phi) is 5.75. The maximum absolute atomic E-state index is 11.9. The summed E-state index contributed by atoms with van der Waals surface area (Å²) in [6.07, 6.45) is 1.04. The number of nitrogens with one attached hydrogen (secondary N) is 1. The van der Waals surface area contributed by atoms with Crippen molar-refractivity contribution in [3.05, 3.63) is 0 Å². The van der Waals surface area contributed by atoms with Gasteiger partial charge in [0.15, 0.2) is 6.10 Å². The third-order valence-corrected chi connectivity index (χ3v) is 3.63. The fourth-order valence-electron chi connectivity index (χ4n) is 2.47. The Bertz CT molecular complexity index is 344. The van der Waals surface area contributed by atoms with E-state index in [9.17, 15) is 9.59 Å². The number of nitrogens with zero attached hydrogens (tertiary/aromatic N) is 1. The lowest BCUT2D eigenvalue weighted by molar-refractivity contribution is -0.149. The van der Waals surface area contributed by atoms with Gasteiger partial charge in [0.1, 0.15) is 0 Å². The highest BCUT2D eigenvalue weighted by Crippen LogP contribution is 2.19. The fourth-order valence-corrected chi connectivity index (χ4v) is 2.47. The Balaban J connectivity index is 1.55. The number of ether oxygens (including phenoxy) is 2. The van der Waals surface area contributed by atoms with Crippen molar-refractivity contribution < 1.29 is 24.2 Å². The Morgan fingerprint density at radius 1 is 1.25 bits per heavy atom. The van der Waals surface area contributed by atoms with Gasteiger partial charge in [-0.1, -0.05) is 0 Å². The van der Waals surface area contributed by atoms with Crippen LogP contribution in [0.25, 0.3) is 0 Å². The molecule has 2 atom stereocenters. The second kappa shape index (κ2) is 7.56. The summed E-state index contributed by atoms with van der Waals surface area (Å²) in [5.74, 6) is -0.758. The van der Waals surface area contributed by atoms with Gasteiger partial charge in [-0.3, -0.25) is 4.79 Å². The van der Waals surface area contributed by atoms with E-state index in [0.29, 0.717) is 52.2 Å². The molecule has 20 heavy (non-hydrogen) atoms. The van der Waals surface area contributed by atoms with Gasteiger partial charge in [-0.05, 0) is 12.8 Å². The van der Waals surface area contributed by atoms with Crippen molar-refractivity contribution in [2.24, 2.45) is 0 Å². The summed E-state index contributed by atoms with van der Waals surface area (Å²) in [4.78, 5) is 24.4. The van der Waals surface area contributed by atoms with Crippen LogP contribution >= 0.6 is 0 Å². The first-order chi connectivity index (χ1) is 9.66. The van der Waals surface area contributed by atoms with Crippen LogP contribution in [0.4, 0.5) is 0 Å². The van der Waals surface area contributed by atoms with Crippen molar-refractivity contribution in [2.45, 2.75) is 31.5 Å². The first-order valence-corrected chi connectivity index (χ1v) is 7.11. The lowest BCUT2D eigenvalue weighted by Crippen LogP contribution is -2.42. The maximum Gasteiger partial charge on any atom is 0.332 e. The van der Waals surface area contributed by atoms with Crippen molar-refractivity contribution >= 4 is 11.9 Å². The average Bonchev–Trinajstić information content (AvgIpc) is 2.93. The molecular weight excluding hydrogens is 264 g/mol. The fraction of sp³-hybridized carbons (Fsp3) is 0.846. The summed E-state index contributed by atoms with van der Waals surface area (Å²) in [6.45, 7) is 3.76. The van der Waals surface area contributed by atoms with Gasteiger partial charge in [-0.15, -0.1) is 0 Å². The van der Waals surface area contributed by atoms with Crippen LogP contribution in [-0.4, -0.2) is 73.5 Å². The van der Waals surface area contributed by atoms with E-state index in [1.807, 2.05) is 4.90 Å². The third-order valence-electron chi connectivity index (χ3n) is 3.63. The second-order valence-electron chi connectivity index (χ2n) is 5.11. The molecule has 2 N–H and O–H groups in total. The minimum absolute atomic E-state index is 0.0606. The molecule has 0 aromatic heterocycles. The molecule has 2 unspecified atom stereocenters. The Hall–Kier alpha value is -1.18. The van der Waals surface area contributed by atoms with E-state index < -0.39 is 12.1 Å². The molecule has 2 heterocycles. The molecule has 0 bridgehead atoms. The highest BCUT2D eigenvalue weighted by atomic mass is 16.5. The van der Waals surface area contributed by atoms with Gasteiger partial charge >= 0.3 is 5.97 Å². The van der Waals surface area contributed by atoms with Crippen LogP contribution in [0.3, 0.4) is 0 Å². The zero-order chi connectivity index (χ0) is 14.4. The van der Waals surface area contributed by atoms with Crippen LogP contribution in [0.1, 0.15) is 19.3 Å². The standard InChI is InChI=1S/C13H22N2O5/c16-12(15-5-7-19-8-6-15)3-4-14-9-10-1-2-11(20-10)13(17)18/h10-11,14H,1-9H2,(H,17,18). The molecule has 2 rings (SSSR count). The zero-order valence-corrected chi connectivity index (χ0v) is 11.5. The van der Waals surface area contributed by atoms with Crippen LogP contribution in [0.15, 0.2) is 0 Å². The summed E-state index contributed by atoms with van der Waals surface area (Å²) in [6, 6.07) is 0. The number of hydrogen-bond donors (Lipinski definition) is 2. The van der Waals surface area contributed by atoms with Crippen LogP contribution in [0, 0.1) is 0 Å². The van der Waals surface area contributed by atoms with Crippen molar-refractivity contribution in [1.82, 2.24) is 10.2 Å². The summed E-state index contributed by atoms with van der Waals surface area (Å²) in [7, 11) is 0. The number of hydrogen-bond acceptors (Lipinski definition) is 5. The number of rotatable bonds is 6. The quantitative estimate of drug-likeness (QED) is 0.637. The van der Waals surface area contributed by atoms with Crippen molar-refractivity contribution in [3.8, 4) is 0 Å². The number of carbonyl (C=O) groups excluding carboxylic acids is 1. The molecule has 114 valence electrons. The summed E-state index contributed by atoms with van der Waals surface area (Å²) in [5, 5.41) is 12.0. The van der Waals surface area contributed by atoms with Crippen molar-refractivity contribution in [1.29, 1.82) is 0 Å². The molecule has 2 fully saturated rings. The molecule has 0 radical (unpaired) electrons. The van der Waals surface area contributed by atoms with Gasteiger partial charge in [-0.2, -0.15) is 0 Å². The van der Waals surface area contributed by atoms with Gasteiger partial charge in [0, 0.05) is 32.6 Å². The molecule has 1 amide bonds. The number of aliphatic carboxylic acids is 1. The molecule has 0 saturated carbocycles. The van der Waals surface area contributed by atoms with Gasteiger partial charge in [-0.25, -0.2) is 4.79 Å². The lowest BCUT2D eigenvalue weighted by atomic mass is 10.2. The number of carboxylic acid groups (broad SMARTS) is 1. The predicted octanol–water partition coefficient (Wildman–Crippen LogP) is -0.543. The highest BCUT2D eigenvalue weighted by molar-refractivity contribution is 5.76. The highest BCUT2D eigenvalue weighted by Gasteiger charge is 2.30. The van der Waals surface area contributed by atoms with Crippen LogP contribution < -0.4 is 5.32 Å². The van der Waals surface area contributed by atoms with E-state index in [1.165, 1.54) is 0 Å². The number of amides is 1. The van der Waals surface area contributed by atoms with Crippen LogP contribution in [0.5, 0.6) is 0 Å². The van der Waals surface area contributed by atoms with E-state index in [1.54, 1.807) is 0 Å². The van der Waals surface area contributed by atoms with Crippen LogP contribution in [0.2, 0.25) is 0 Å². The third kappa shape index (κ3) is 4.43. The Labute approximate surface area is 118 Å². The van der Waals surface area contributed by atoms with Gasteiger partial charge < -0.3 is 24.8 Å². The first kappa shape index (κ1) is 15.2. The molecule has 2 aliphatic rings. The van der Waals surface area contributed by atoms with Crippen molar-refractivity contribution in [2.75, 3.05) is 39.4 Å². The summed E-state index contributed by atoms with van der Waals surface area (Å²) in [5.41, 5.74) is 0. The average molecular weight is 286 g/mol. The Morgan fingerprint density at radius 2 is 2.00 bits per heavy atom. The first-order valence-electron chi connectivity index (χ1n) is 7.11. The summed E-state index contributed by atoms with van der Waals surface area (Å²) >= 11 is 0. The maximum atomic E-state index is 11.9. The largest absolute Gasteiger partial charge is 0.479 e. The Morgan fingerprint density at radius 3 is 2.65 bits per heavy atom. The van der Waals surface area contributed by atoms with Gasteiger partial charge in [0.05, 0.1) is 19.3 Å². The number of carbonyl (C=O) groups is 2. The molecule has 2 saturated heterocycles. The summed E-state index contributed by atoms with van der Waals surface area (Å²) < 4.78 is 10.6. The van der Waals surface area contributed by atoms with E-state index >= 15 is 0 Å². The smallest absolute Gasteiger partial charge is 0.332 e. The van der Waals surface area contributed by atoms with E-state index in [0.717, 1.165) is 6.42 Å². The number of carboxylic acids is 1. The molecule has 0 aliphatic carbocycles. The molecule has 0 spiro atoms. The predicted molar refractivity (Wildman–Crippen MR) is 70.4 cm³/mol. The molecule has 7 nitrogen and oxygen atoms in total. The topological polar surface area (TPSA) is 88.1 Å². The molecule has 0 aromatic rings. The van der Waals surface area contributed by atoms with Gasteiger partial charge in [0.25, 0.3) is 0 Å². The van der Waals surface area contributed by atoms with E-state index in [4.69, 9.17) is 14.6 Å². The SMILES string of the molecule is O=C(O)C1CCC(CNCCC(=O)N2CCOCC2)O1. The van der Waals surface area contributed by atoms with Crippen LogP contribution in [-0.2, 0) is 19.1 Å².